The van der Waals surface area contributed by atoms with Gasteiger partial charge in [-0.25, -0.2) is 0 Å². The summed E-state index contributed by atoms with van der Waals surface area (Å²) in [6.45, 7) is 2.04. The molecule has 1 unspecified atom stereocenters. The Kier molecular flexibility index (Phi) is 4.62. The first-order valence-electron chi connectivity index (χ1n) is 11.2. The lowest BCUT2D eigenvalue weighted by atomic mass is 9.70. The predicted molar refractivity (Wildman–Crippen MR) is 120 cm³/mol. The lowest BCUT2D eigenvalue weighted by molar-refractivity contribution is -0.135. The van der Waals surface area contributed by atoms with E-state index in [0.717, 1.165) is 60.4 Å². The van der Waals surface area contributed by atoms with Crippen LogP contribution in [0.5, 0.6) is 5.75 Å². The molecule has 0 saturated heterocycles. The summed E-state index contributed by atoms with van der Waals surface area (Å²) >= 11 is 0. The van der Waals surface area contributed by atoms with Crippen molar-refractivity contribution < 1.29 is 9.53 Å². The molecule has 1 fully saturated rings. The van der Waals surface area contributed by atoms with E-state index in [-0.39, 0.29) is 11.5 Å². The Morgan fingerprint density at radius 2 is 1.90 bits per heavy atom. The lowest BCUT2D eigenvalue weighted by Crippen LogP contribution is -2.52. The smallest absolute Gasteiger partial charge is 0.260 e. The monoisotopic (exact) mass is 413 g/mol. The fraction of sp³-hybridized carbons (Fsp3) is 0.423. The Balaban J connectivity index is 1.69. The van der Waals surface area contributed by atoms with E-state index in [1.54, 1.807) is 11.0 Å². The molecule has 3 aliphatic rings. The quantitative estimate of drug-likeness (QED) is 0.681. The van der Waals surface area contributed by atoms with Crippen molar-refractivity contribution in [3.8, 4) is 22.9 Å². The van der Waals surface area contributed by atoms with Crippen LogP contribution in [0.4, 0.5) is 0 Å². The topological polar surface area (TPSA) is 65.7 Å². The van der Waals surface area contributed by atoms with Gasteiger partial charge in [-0.2, -0.15) is 5.26 Å². The van der Waals surface area contributed by atoms with Gasteiger partial charge in [0.15, 0.2) is 5.54 Å². The van der Waals surface area contributed by atoms with Crippen molar-refractivity contribution in [2.45, 2.75) is 63.0 Å². The van der Waals surface area contributed by atoms with E-state index in [1.807, 2.05) is 44.3 Å². The van der Waals surface area contributed by atoms with E-state index in [0.29, 0.717) is 12.0 Å². The highest BCUT2D eigenvalue weighted by Gasteiger charge is 2.57. The van der Waals surface area contributed by atoms with Crippen LogP contribution in [0, 0.1) is 11.3 Å². The van der Waals surface area contributed by atoms with E-state index in [4.69, 9.17) is 9.73 Å². The van der Waals surface area contributed by atoms with Gasteiger partial charge in [0.05, 0.1) is 11.6 Å². The van der Waals surface area contributed by atoms with Crippen LogP contribution in [0.3, 0.4) is 0 Å². The van der Waals surface area contributed by atoms with Crippen LogP contribution >= 0.6 is 0 Å². The van der Waals surface area contributed by atoms with Gasteiger partial charge >= 0.3 is 0 Å². The summed E-state index contributed by atoms with van der Waals surface area (Å²) in [7, 11) is 1.84. The van der Waals surface area contributed by atoms with E-state index < -0.39 is 5.54 Å². The van der Waals surface area contributed by atoms with E-state index >= 15 is 0 Å². The Morgan fingerprint density at radius 1 is 1.13 bits per heavy atom. The normalized spacial score (nSPS) is 24.0. The van der Waals surface area contributed by atoms with E-state index in [1.165, 1.54) is 6.42 Å². The van der Waals surface area contributed by atoms with Crippen LogP contribution in [0.1, 0.15) is 63.0 Å². The molecule has 158 valence electrons. The van der Waals surface area contributed by atoms with Gasteiger partial charge in [-0.1, -0.05) is 31.5 Å². The molecular formula is C26H27N3O2. The van der Waals surface area contributed by atoms with Crippen molar-refractivity contribution in [3.05, 3.63) is 53.6 Å². The van der Waals surface area contributed by atoms with E-state index in [9.17, 15) is 10.1 Å². The number of aliphatic imine (C=N–C) groups is 1. The average molecular weight is 414 g/mol. The average Bonchev–Trinajstić information content (AvgIpc) is 3.04. The number of rotatable bonds is 2. The second-order valence-electron chi connectivity index (χ2n) is 9.03. The van der Waals surface area contributed by atoms with Crippen molar-refractivity contribution in [2.75, 3.05) is 7.05 Å². The maximum atomic E-state index is 13.7. The van der Waals surface area contributed by atoms with Gasteiger partial charge in [0.1, 0.15) is 17.2 Å². The zero-order chi connectivity index (χ0) is 21.6. The van der Waals surface area contributed by atoms with Gasteiger partial charge in [0.2, 0.25) is 0 Å². The minimum atomic E-state index is -0.923. The number of benzene rings is 2. The molecule has 0 bridgehead atoms. The molecule has 1 amide bonds. The summed E-state index contributed by atoms with van der Waals surface area (Å²) in [6.07, 6.45) is 6.72. The number of amides is 1. The largest absolute Gasteiger partial charge is 0.487 e. The number of hydrogen-bond acceptors (Lipinski definition) is 4. The van der Waals surface area contributed by atoms with Crippen LogP contribution in [0.15, 0.2) is 47.5 Å². The number of carbonyl (C=O) groups is 1. The summed E-state index contributed by atoms with van der Waals surface area (Å²) in [4.78, 5) is 20.5. The molecule has 2 aromatic carbocycles. The molecule has 1 saturated carbocycles. The van der Waals surface area contributed by atoms with Gasteiger partial charge in [0, 0.05) is 25.5 Å². The Bertz CT molecular complexity index is 1120. The van der Waals surface area contributed by atoms with Gasteiger partial charge in [0.25, 0.3) is 5.91 Å². The highest BCUT2D eigenvalue weighted by Crippen LogP contribution is 2.53. The van der Waals surface area contributed by atoms with Gasteiger partial charge in [-0.3, -0.25) is 9.79 Å². The summed E-state index contributed by atoms with van der Waals surface area (Å²) < 4.78 is 6.64. The van der Waals surface area contributed by atoms with Crippen LogP contribution in [0.2, 0.25) is 0 Å². The third-order valence-electron chi connectivity index (χ3n) is 7.10. The minimum absolute atomic E-state index is 0.0433. The van der Waals surface area contributed by atoms with Gasteiger partial charge in [-0.15, -0.1) is 0 Å². The second-order valence-corrected chi connectivity index (χ2v) is 9.03. The van der Waals surface area contributed by atoms with Crippen molar-refractivity contribution in [3.63, 3.8) is 0 Å². The summed E-state index contributed by atoms with van der Waals surface area (Å²) in [6, 6.07) is 15.8. The molecule has 0 N–H and O–H groups in total. The van der Waals surface area contributed by atoms with Crippen molar-refractivity contribution in [2.24, 2.45) is 4.99 Å². The number of carbonyl (C=O) groups excluding carboxylic acids is 1. The molecule has 2 aromatic rings. The number of nitriles is 1. The summed E-state index contributed by atoms with van der Waals surface area (Å²) in [5.41, 5.74) is 2.14. The molecule has 31 heavy (non-hydrogen) atoms. The first-order chi connectivity index (χ1) is 15.0. The number of ether oxygens (including phenoxy) is 1. The predicted octanol–water partition coefficient (Wildman–Crippen LogP) is 5.19. The van der Waals surface area contributed by atoms with Crippen LogP contribution in [-0.4, -0.2) is 29.3 Å². The molecule has 0 aromatic heterocycles. The molecule has 2 aliphatic heterocycles. The van der Waals surface area contributed by atoms with Crippen LogP contribution < -0.4 is 4.74 Å². The maximum Gasteiger partial charge on any atom is 0.260 e. The van der Waals surface area contributed by atoms with E-state index in [2.05, 4.69) is 12.1 Å². The fourth-order valence-electron chi connectivity index (χ4n) is 5.54. The van der Waals surface area contributed by atoms with Crippen LogP contribution in [-0.2, 0) is 10.3 Å². The third kappa shape index (κ3) is 3.05. The van der Waals surface area contributed by atoms with Gasteiger partial charge < -0.3 is 9.64 Å². The molecule has 5 nitrogen and oxygen atoms in total. The number of fused-ring (bicyclic) bond motifs is 2. The SMILES string of the molecule is CCC1=NC2(CC3(CCCCC3)Oc3ccc(-c4cccc(C#N)c4)cc32)C(=O)N1C. The number of likely N-dealkylation sites (N-methyl/N-ethyl adjacent to an activating group) is 1. The zero-order valence-corrected chi connectivity index (χ0v) is 18.1. The molecule has 1 atom stereocenters. The maximum absolute atomic E-state index is 13.7. The minimum Gasteiger partial charge on any atom is -0.487 e. The molecule has 2 spiro atoms. The lowest BCUT2D eigenvalue weighted by Gasteiger charge is -2.47. The van der Waals surface area contributed by atoms with Crippen molar-refractivity contribution in [1.29, 1.82) is 5.26 Å². The van der Waals surface area contributed by atoms with Crippen LogP contribution in [0.25, 0.3) is 11.1 Å². The second kappa shape index (κ2) is 7.23. The number of hydrogen-bond donors (Lipinski definition) is 0. The molecular weight excluding hydrogens is 386 g/mol. The molecule has 5 rings (SSSR count). The molecule has 5 heteroatoms. The number of amidine groups is 1. The summed E-state index contributed by atoms with van der Waals surface area (Å²) in [5, 5.41) is 9.29. The van der Waals surface area contributed by atoms with Gasteiger partial charge in [-0.05, 0) is 61.1 Å². The first-order valence-corrected chi connectivity index (χ1v) is 11.2. The van der Waals surface area contributed by atoms with Crippen molar-refractivity contribution >= 4 is 11.7 Å². The third-order valence-corrected chi connectivity index (χ3v) is 7.10. The molecule has 2 heterocycles. The highest BCUT2D eigenvalue weighted by molar-refractivity contribution is 6.08. The standard InChI is InChI=1S/C26H27N3O2/c1-3-23-28-26(24(30)29(23)2)17-25(12-5-4-6-13-25)31-22-11-10-20(15-21(22)26)19-9-7-8-18(14-19)16-27/h7-11,14-15H,3-6,12-13,17H2,1-2H3. The first kappa shape index (κ1) is 19.8. The Hall–Kier alpha value is -3.13. The van der Waals surface area contributed by atoms with Crippen molar-refractivity contribution in [1.82, 2.24) is 4.90 Å². The molecule has 0 radical (unpaired) electrons. The Morgan fingerprint density at radius 3 is 2.61 bits per heavy atom. The fourth-order valence-corrected chi connectivity index (χ4v) is 5.54. The Labute approximate surface area is 183 Å². The zero-order valence-electron chi connectivity index (χ0n) is 18.1. The highest BCUT2D eigenvalue weighted by atomic mass is 16.5. The molecule has 1 aliphatic carbocycles. The summed E-state index contributed by atoms with van der Waals surface area (Å²) in [5.74, 6) is 1.65. The number of nitrogens with zero attached hydrogens (tertiary/aromatic N) is 3.